The second kappa shape index (κ2) is 9.49. The van der Waals surface area contributed by atoms with Crippen molar-refractivity contribution in [3.63, 3.8) is 0 Å². The van der Waals surface area contributed by atoms with E-state index in [0.29, 0.717) is 31.7 Å². The number of nitrogens with zero attached hydrogens (tertiary/aromatic N) is 4. The molecule has 0 atom stereocenters. The number of carbonyl (C=O) groups excluding carboxylic acids is 2. The van der Waals surface area contributed by atoms with Gasteiger partial charge in [-0.1, -0.05) is 23.9 Å². The van der Waals surface area contributed by atoms with Crippen LogP contribution in [0.4, 0.5) is 10.9 Å². The van der Waals surface area contributed by atoms with Gasteiger partial charge in [0, 0.05) is 54.6 Å². The summed E-state index contributed by atoms with van der Waals surface area (Å²) in [6, 6.07) is 13.4. The van der Waals surface area contributed by atoms with Gasteiger partial charge < -0.3 is 15.1 Å². The molecular formula is C22H23N5O2S2. The summed E-state index contributed by atoms with van der Waals surface area (Å²) in [5.41, 5.74) is 1.60. The number of carbonyl (C=O) groups is 2. The Bertz CT molecular complexity index is 1090. The maximum Gasteiger partial charge on any atom is 0.254 e. The second-order valence-corrected chi connectivity index (χ2v) is 9.16. The first kappa shape index (κ1) is 21.3. The van der Waals surface area contributed by atoms with E-state index < -0.39 is 0 Å². The van der Waals surface area contributed by atoms with Gasteiger partial charge in [0.1, 0.15) is 10.8 Å². The molecular weight excluding hydrogens is 430 g/mol. The standard InChI is InChI=1S/C22H23N5O2S2/c1-15-5-3-8-19(23-15)24-22-25-20(14-30-22)31-18-7-4-6-17(13-18)21(29)27-11-9-26(10-12-27)16(2)28/h3-8,13-14H,9-12H2,1-2H3,(H,23,24,25). The third kappa shape index (κ3) is 5.42. The number of nitrogens with one attached hydrogen (secondary N) is 1. The smallest absolute Gasteiger partial charge is 0.254 e. The van der Waals surface area contributed by atoms with Crippen molar-refractivity contribution in [2.75, 3.05) is 31.5 Å². The van der Waals surface area contributed by atoms with Gasteiger partial charge in [0.2, 0.25) is 5.91 Å². The molecule has 1 N–H and O–H groups in total. The maximum atomic E-state index is 12.9. The Kier molecular flexibility index (Phi) is 6.53. The topological polar surface area (TPSA) is 78.4 Å². The molecule has 31 heavy (non-hydrogen) atoms. The minimum atomic E-state index is -0.00296. The fourth-order valence-corrected chi connectivity index (χ4v) is 4.99. The van der Waals surface area contributed by atoms with E-state index in [2.05, 4.69) is 15.3 Å². The van der Waals surface area contributed by atoms with Crippen LogP contribution in [0.25, 0.3) is 0 Å². The molecule has 1 aliphatic heterocycles. The van der Waals surface area contributed by atoms with Crippen molar-refractivity contribution in [1.82, 2.24) is 19.8 Å². The molecule has 3 aromatic rings. The lowest BCUT2D eigenvalue weighted by Gasteiger charge is -2.34. The quantitative estimate of drug-likeness (QED) is 0.628. The van der Waals surface area contributed by atoms with Crippen LogP contribution in [0.5, 0.6) is 0 Å². The average molecular weight is 454 g/mol. The number of amides is 2. The lowest BCUT2D eigenvalue weighted by molar-refractivity contribution is -0.130. The molecule has 0 unspecified atom stereocenters. The van der Waals surface area contributed by atoms with Crippen LogP contribution in [0, 0.1) is 6.92 Å². The Labute approximate surface area is 189 Å². The van der Waals surface area contributed by atoms with E-state index in [0.717, 1.165) is 26.6 Å². The van der Waals surface area contributed by atoms with Gasteiger partial charge in [0.05, 0.1) is 0 Å². The Hall–Kier alpha value is -2.91. The number of benzene rings is 1. The number of rotatable bonds is 5. The van der Waals surface area contributed by atoms with Gasteiger partial charge in [-0.25, -0.2) is 9.97 Å². The van der Waals surface area contributed by atoms with Crippen LogP contribution in [0.1, 0.15) is 23.0 Å². The first-order valence-corrected chi connectivity index (χ1v) is 11.7. The van der Waals surface area contributed by atoms with Gasteiger partial charge >= 0.3 is 0 Å². The molecule has 160 valence electrons. The zero-order valence-electron chi connectivity index (χ0n) is 17.4. The number of hydrogen-bond donors (Lipinski definition) is 1. The third-order valence-corrected chi connectivity index (χ3v) is 6.74. The first-order valence-electron chi connectivity index (χ1n) is 9.97. The minimum absolute atomic E-state index is 0.00296. The molecule has 4 rings (SSSR count). The molecule has 1 fully saturated rings. The van der Waals surface area contributed by atoms with Gasteiger partial charge in [-0.05, 0) is 37.3 Å². The number of piperazine rings is 1. The molecule has 9 heteroatoms. The molecule has 0 bridgehead atoms. The predicted molar refractivity (Wildman–Crippen MR) is 123 cm³/mol. The van der Waals surface area contributed by atoms with Crippen LogP contribution in [-0.2, 0) is 4.79 Å². The van der Waals surface area contributed by atoms with Gasteiger partial charge in [-0.3, -0.25) is 9.59 Å². The van der Waals surface area contributed by atoms with Crippen LogP contribution in [0.2, 0.25) is 0 Å². The summed E-state index contributed by atoms with van der Waals surface area (Å²) in [4.78, 5) is 38.0. The molecule has 7 nitrogen and oxygen atoms in total. The number of aryl methyl sites for hydroxylation is 1. The van der Waals surface area contributed by atoms with Crippen LogP contribution >= 0.6 is 23.1 Å². The van der Waals surface area contributed by atoms with Crippen molar-refractivity contribution in [2.24, 2.45) is 0 Å². The fourth-order valence-electron chi connectivity index (χ4n) is 3.31. The van der Waals surface area contributed by atoms with E-state index in [4.69, 9.17) is 0 Å². The summed E-state index contributed by atoms with van der Waals surface area (Å²) in [6.45, 7) is 5.80. The number of anilines is 2. The molecule has 1 aromatic carbocycles. The third-order valence-electron chi connectivity index (χ3n) is 4.92. The van der Waals surface area contributed by atoms with Crippen molar-refractivity contribution in [2.45, 2.75) is 23.8 Å². The van der Waals surface area contributed by atoms with Crippen molar-refractivity contribution in [3.8, 4) is 0 Å². The number of pyridine rings is 1. The highest BCUT2D eigenvalue weighted by atomic mass is 32.2. The Morgan fingerprint density at radius 2 is 1.77 bits per heavy atom. The van der Waals surface area contributed by atoms with Crippen LogP contribution in [-0.4, -0.2) is 57.8 Å². The average Bonchev–Trinajstić information content (AvgIpc) is 3.20. The van der Waals surface area contributed by atoms with Crippen molar-refractivity contribution in [3.05, 3.63) is 59.1 Å². The lowest BCUT2D eigenvalue weighted by atomic mass is 10.2. The zero-order valence-corrected chi connectivity index (χ0v) is 19.0. The Morgan fingerprint density at radius 3 is 2.52 bits per heavy atom. The summed E-state index contributed by atoms with van der Waals surface area (Å²) < 4.78 is 0. The summed E-state index contributed by atoms with van der Waals surface area (Å²) in [7, 11) is 0. The molecule has 0 spiro atoms. The van der Waals surface area contributed by atoms with Gasteiger partial charge in [0.15, 0.2) is 5.13 Å². The highest BCUT2D eigenvalue weighted by Crippen LogP contribution is 2.32. The normalized spacial score (nSPS) is 13.9. The van der Waals surface area contributed by atoms with Gasteiger partial charge in [0.25, 0.3) is 5.91 Å². The van der Waals surface area contributed by atoms with Crippen molar-refractivity contribution >= 4 is 45.9 Å². The Morgan fingerprint density at radius 1 is 1.03 bits per heavy atom. The van der Waals surface area contributed by atoms with E-state index in [9.17, 15) is 9.59 Å². The summed E-state index contributed by atoms with van der Waals surface area (Å²) in [5, 5.41) is 6.85. The molecule has 2 amide bonds. The zero-order chi connectivity index (χ0) is 21.8. The highest BCUT2D eigenvalue weighted by molar-refractivity contribution is 7.99. The summed E-state index contributed by atoms with van der Waals surface area (Å²) >= 11 is 3.03. The first-order chi connectivity index (χ1) is 15.0. The number of thiazole rings is 1. The predicted octanol–water partition coefficient (Wildman–Crippen LogP) is 4.05. The largest absolute Gasteiger partial charge is 0.339 e. The van der Waals surface area contributed by atoms with E-state index >= 15 is 0 Å². The van der Waals surface area contributed by atoms with Crippen LogP contribution in [0.15, 0.2) is 57.8 Å². The molecule has 3 heterocycles. The SMILES string of the molecule is CC(=O)N1CCN(C(=O)c2cccc(Sc3csc(Nc4cccc(C)n4)n3)c2)CC1. The van der Waals surface area contributed by atoms with Gasteiger partial charge in [-0.2, -0.15) is 0 Å². The van der Waals surface area contributed by atoms with E-state index in [1.54, 1.807) is 11.8 Å². The monoisotopic (exact) mass is 453 g/mol. The van der Waals surface area contributed by atoms with E-state index in [1.165, 1.54) is 23.1 Å². The Balaban J connectivity index is 1.39. The van der Waals surface area contributed by atoms with Gasteiger partial charge in [-0.15, -0.1) is 11.3 Å². The van der Waals surface area contributed by atoms with E-state index in [-0.39, 0.29) is 11.8 Å². The van der Waals surface area contributed by atoms with Crippen LogP contribution in [0.3, 0.4) is 0 Å². The molecule has 1 saturated heterocycles. The molecule has 1 aliphatic rings. The van der Waals surface area contributed by atoms with E-state index in [1.807, 2.05) is 59.7 Å². The molecule has 2 aromatic heterocycles. The second-order valence-electron chi connectivity index (χ2n) is 7.21. The molecule has 0 aliphatic carbocycles. The fraction of sp³-hybridized carbons (Fsp3) is 0.273. The molecule has 0 radical (unpaired) electrons. The number of hydrogen-bond acceptors (Lipinski definition) is 7. The van der Waals surface area contributed by atoms with Crippen molar-refractivity contribution in [1.29, 1.82) is 0 Å². The van der Waals surface area contributed by atoms with Crippen LogP contribution < -0.4 is 5.32 Å². The number of aromatic nitrogens is 2. The summed E-state index contributed by atoms with van der Waals surface area (Å²) in [6.07, 6.45) is 0. The summed E-state index contributed by atoms with van der Waals surface area (Å²) in [5.74, 6) is 0.820. The lowest BCUT2D eigenvalue weighted by Crippen LogP contribution is -2.50. The van der Waals surface area contributed by atoms with Crippen molar-refractivity contribution < 1.29 is 9.59 Å². The minimum Gasteiger partial charge on any atom is -0.339 e. The maximum absolute atomic E-state index is 12.9. The highest BCUT2D eigenvalue weighted by Gasteiger charge is 2.23. The molecule has 0 saturated carbocycles.